The van der Waals surface area contributed by atoms with E-state index in [0.29, 0.717) is 0 Å². The van der Waals surface area contributed by atoms with Gasteiger partial charge in [0.05, 0.1) is 0 Å². The Morgan fingerprint density at radius 2 is 1.00 bits per heavy atom. The predicted molar refractivity (Wildman–Crippen MR) is 77.9 cm³/mol. The summed E-state index contributed by atoms with van der Waals surface area (Å²) in [6, 6.07) is 0. The maximum absolute atomic E-state index is 11.8. The van der Waals surface area contributed by atoms with Crippen LogP contribution in [0, 0.1) is 0 Å². The van der Waals surface area contributed by atoms with E-state index in [2.05, 4.69) is 0 Å². The molecule has 0 bridgehead atoms. The van der Waals surface area contributed by atoms with Crippen molar-refractivity contribution in [2.45, 2.75) is 88.6 Å². The molecule has 0 spiro atoms. The van der Waals surface area contributed by atoms with Gasteiger partial charge in [-0.3, -0.25) is 0 Å². The summed E-state index contributed by atoms with van der Waals surface area (Å²) >= 11 is 0. The van der Waals surface area contributed by atoms with Crippen LogP contribution in [-0.4, -0.2) is 46.6 Å². The number of aliphatic hydroxyl groups excluding tert-OH is 2. The lowest BCUT2D eigenvalue weighted by molar-refractivity contribution is -0.180. The van der Waals surface area contributed by atoms with Gasteiger partial charge in [-0.25, -0.2) is 9.59 Å². The van der Waals surface area contributed by atoms with E-state index in [1.807, 2.05) is 0 Å². The third kappa shape index (κ3) is 4.95. The summed E-state index contributed by atoms with van der Waals surface area (Å²) in [5.41, 5.74) is 0. The van der Waals surface area contributed by atoms with Crippen molar-refractivity contribution in [3.63, 3.8) is 0 Å². The van der Waals surface area contributed by atoms with Crippen molar-refractivity contribution in [3.8, 4) is 0 Å². The fraction of sp³-hybridized carbons (Fsp3) is 0.875. The molecule has 0 aromatic rings. The van der Waals surface area contributed by atoms with Crippen molar-refractivity contribution in [3.05, 3.63) is 0 Å². The molecule has 0 aliphatic heterocycles. The molecule has 0 aromatic heterocycles. The van der Waals surface area contributed by atoms with Gasteiger partial charge >= 0.3 is 11.9 Å². The lowest BCUT2D eigenvalue weighted by atomic mass is 9.97. The summed E-state index contributed by atoms with van der Waals surface area (Å²) in [6.07, 6.45) is 5.04. The Morgan fingerprint density at radius 1 is 0.682 bits per heavy atom. The van der Waals surface area contributed by atoms with E-state index < -0.39 is 24.1 Å². The highest BCUT2D eigenvalue weighted by molar-refractivity contribution is 5.85. The smallest absolute Gasteiger partial charge is 0.338 e. The summed E-state index contributed by atoms with van der Waals surface area (Å²) in [5, 5.41) is 19.6. The second kappa shape index (κ2) is 8.48. The van der Waals surface area contributed by atoms with Crippen LogP contribution in [0.3, 0.4) is 0 Å². The molecule has 0 aromatic carbocycles. The van der Waals surface area contributed by atoms with Crippen molar-refractivity contribution >= 4 is 11.9 Å². The molecule has 2 aliphatic carbocycles. The Bertz CT molecular complexity index is 335. The van der Waals surface area contributed by atoms with Gasteiger partial charge in [0, 0.05) is 0 Å². The van der Waals surface area contributed by atoms with Crippen molar-refractivity contribution in [1.82, 2.24) is 0 Å². The van der Waals surface area contributed by atoms with Crippen LogP contribution in [0.15, 0.2) is 0 Å². The van der Waals surface area contributed by atoms with Crippen molar-refractivity contribution in [2.24, 2.45) is 0 Å². The predicted octanol–water partition coefficient (Wildman–Crippen LogP) is 1.46. The van der Waals surface area contributed by atoms with Gasteiger partial charge in [-0.1, -0.05) is 12.8 Å². The van der Waals surface area contributed by atoms with Crippen LogP contribution in [-0.2, 0) is 19.1 Å². The first-order valence-electron chi connectivity index (χ1n) is 8.35. The molecule has 6 nitrogen and oxygen atoms in total. The topological polar surface area (TPSA) is 93.1 Å². The van der Waals surface area contributed by atoms with Gasteiger partial charge in [0.25, 0.3) is 0 Å². The Kier molecular flexibility index (Phi) is 6.64. The zero-order valence-corrected chi connectivity index (χ0v) is 12.9. The number of carbonyl (C=O) groups is 2. The number of aliphatic hydroxyl groups is 2. The van der Waals surface area contributed by atoms with Crippen molar-refractivity contribution in [2.75, 3.05) is 0 Å². The zero-order valence-electron chi connectivity index (χ0n) is 12.9. The SMILES string of the molecule is O=C(OC1CCCCC1)[C@@H](O)[C@@H](O)C(=O)OC1CCCCC1. The normalized spacial score (nSPS) is 23.5. The van der Waals surface area contributed by atoms with Gasteiger partial charge in [-0.05, 0) is 51.4 Å². The van der Waals surface area contributed by atoms with E-state index in [4.69, 9.17) is 9.47 Å². The molecule has 2 aliphatic rings. The first-order valence-corrected chi connectivity index (χ1v) is 8.35. The second-order valence-corrected chi connectivity index (χ2v) is 6.28. The van der Waals surface area contributed by atoms with Crippen LogP contribution in [0.4, 0.5) is 0 Å². The highest BCUT2D eigenvalue weighted by Gasteiger charge is 2.35. The van der Waals surface area contributed by atoms with Gasteiger partial charge in [0.1, 0.15) is 12.2 Å². The molecule has 6 heteroatoms. The van der Waals surface area contributed by atoms with E-state index in [9.17, 15) is 19.8 Å². The molecule has 2 atom stereocenters. The molecule has 126 valence electrons. The van der Waals surface area contributed by atoms with Crippen LogP contribution < -0.4 is 0 Å². The summed E-state index contributed by atoms with van der Waals surface area (Å²) < 4.78 is 10.3. The first-order chi connectivity index (χ1) is 10.6. The second-order valence-electron chi connectivity index (χ2n) is 6.28. The molecule has 2 rings (SSSR count). The van der Waals surface area contributed by atoms with Crippen LogP contribution in [0.25, 0.3) is 0 Å². The average molecular weight is 314 g/mol. The van der Waals surface area contributed by atoms with Gasteiger partial charge in [-0.2, -0.15) is 0 Å². The average Bonchev–Trinajstić information content (AvgIpc) is 2.55. The van der Waals surface area contributed by atoms with Crippen molar-refractivity contribution in [1.29, 1.82) is 0 Å². The number of hydrogen-bond donors (Lipinski definition) is 2. The minimum Gasteiger partial charge on any atom is -0.460 e. The van der Waals surface area contributed by atoms with E-state index >= 15 is 0 Å². The van der Waals surface area contributed by atoms with Gasteiger partial charge < -0.3 is 19.7 Å². The molecule has 0 amide bonds. The van der Waals surface area contributed by atoms with E-state index in [0.717, 1.165) is 64.2 Å². The Hall–Kier alpha value is -1.14. The van der Waals surface area contributed by atoms with E-state index in [1.165, 1.54) is 0 Å². The van der Waals surface area contributed by atoms with Crippen LogP contribution in [0.2, 0.25) is 0 Å². The molecule has 0 unspecified atom stereocenters. The monoisotopic (exact) mass is 314 g/mol. The summed E-state index contributed by atoms with van der Waals surface area (Å²) in [6.45, 7) is 0. The number of hydrogen-bond acceptors (Lipinski definition) is 6. The number of rotatable bonds is 5. The summed E-state index contributed by atoms with van der Waals surface area (Å²) in [5.74, 6) is -1.89. The third-order valence-corrected chi connectivity index (χ3v) is 4.45. The molecule has 0 radical (unpaired) electrons. The van der Waals surface area contributed by atoms with E-state index in [1.54, 1.807) is 0 Å². The molecule has 2 N–H and O–H groups in total. The van der Waals surface area contributed by atoms with Crippen LogP contribution in [0.5, 0.6) is 0 Å². The largest absolute Gasteiger partial charge is 0.460 e. The van der Waals surface area contributed by atoms with Crippen LogP contribution in [0.1, 0.15) is 64.2 Å². The maximum atomic E-state index is 11.8. The maximum Gasteiger partial charge on any atom is 0.338 e. The van der Waals surface area contributed by atoms with Crippen molar-refractivity contribution < 1.29 is 29.3 Å². The Morgan fingerprint density at radius 3 is 1.32 bits per heavy atom. The zero-order chi connectivity index (χ0) is 15.9. The molecule has 22 heavy (non-hydrogen) atoms. The standard InChI is InChI=1S/C16H26O6/c17-13(15(19)21-11-7-3-1-4-8-11)14(18)16(20)22-12-9-5-2-6-10-12/h11-14,17-18H,1-10H2/t13-,14+. The number of carbonyl (C=O) groups excluding carboxylic acids is 2. The molecular weight excluding hydrogens is 288 g/mol. The van der Waals surface area contributed by atoms with Gasteiger partial charge in [0.2, 0.25) is 0 Å². The molecular formula is C16H26O6. The molecule has 0 heterocycles. The lowest BCUT2D eigenvalue weighted by Crippen LogP contribution is -2.44. The third-order valence-electron chi connectivity index (χ3n) is 4.45. The van der Waals surface area contributed by atoms with Gasteiger partial charge in [-0.15, -0.1) is 0 Å². The molecule has 2 saturated carbocycles. The summed E-state index contributed by atoms with van der Waals surface area (Å²) in [4.78, 5) is 23.6. The van der Waals surface area contributed by atoms with E-state index in [-0.39, 0.29) is 12.2 Å². The Labute approximate surface area is 130 Å². The van der Waals surface area contributed by atoms with Gasteiger partial charge in [0.15, 0.2) is 12.2 Å². The minimum atomic E-state index is -1.88. The highest BCUT2D eigenvalue weighted by Crippen LogP contribution is 2.22. The fourth-order valence-corrected chi connectivity index (χ4v) is 3.09. The highest BCUT2D eigenvalue weighted by atomic mass is 16.6. The summed E-state index contributed by atoms with van der Waals surface area (Å²) in [7, 11) is 0. The molecule has 2 fully saturated rings. The minimum absolute atomic E-state index is 0.225. The first kappa shape index (κ1) is 17.2. The van der Waals surface area contributed by atoms with Crippen LogP contribution >= 0.6 is 0 Å². The lowest BCUT2D eigenvalue weighted by Gasteiger charge is -2.26. The quantitative estimate of drug-likeness (QED) is 0.746. The fourth-order valence-electron chi connectivity index (χ4n) is 3.09. The number of esters is 2. The molecule has 0 saturated heterocycles. The Balaban J connectivity index is 1.77. The number of ether oxygens (including phenoxy) is 2.